The van der Waals surface area contributed by atoms with Crippen LogP contribution in [0.2, 0.25) is 0 Å². The van der Waals surface area contributed by atoms with Crippen LogP contribution in [-0.4, -0.2) is 37.0 Å². The molecule has 0 fully saturated rings. The fourth-order valence-electron chi connectivity index (χ4n) is 4.86. The molecule has 0 saturated heterocycles. The minimum absolute atomic E-state index is 0.189. The lowest BCUT2D eigenvalue weighted by Crippen LogP contribution is -2.27. The molecule has 0 radical (unpaired) electrons. The van der Waals surface area contributed by atoms with Gasteiger partial charge in [0, 0.05) is 13.0 Å². The molecule has 0 aromatic rings. The second-order valence-corrected chi connectivity index (χ2v) is 12.3. The summed E-state index contributed by atoms with van der Waals surface area (Å²) in [7, 11) is 0. The fourth-order valence-corrected chi connectivity index (χ4v) is 4.86. The van der Waals surface area contributed by atoms with Gasteiger partial charge in [-0.1, -0.05) is 150 Å². The van der Waals surface area contributed by atoms with Crippen LogP contribution in [0.5, 0.6) is 0 Å². The Morgan fingerprint density at radius 2 is 0.957 bits per heavy atom. The highest BCUT2D eigenvalue weighted by Gasteiger charge is 2.13. The lowest BCUT2D eigenvalue weighted by Gasteiger charge is -2.15. The molecule has 0 spiro atoms. The van der Waals surface area contributed by atoms with E-state index in [4.69, 9.17) is 9.47 Å². The number of aliphatic hydroxyl groups excluding tert-OH is 1. The van der Waals surface area contributed by atoms with Crippen LogP contribution in [-0.2, 0) is 14.3 Å². The molecule has 0 aromatic heterocycles. The van der Waals surface area contributed by atoms with Gasteiger partial charge >= 0.3 is 5.97 Å². The first-order valence-corrected chi connectivity index (χ1v) is 19.2. The molecule has 4 nitrogen and oxygen atoms in total. The van der Waals surface area contributed by atoms with Crippen molar-refractivity contribution in [2.75, 3.05) is 19.8 Å². The van der Waals surface area contributed by atoms with E-state index in [1.165, 1.54) is 57.8 Å². The van der Waals surface area contributed by atoms with Crippen molar-refractivity contribution < 1.29 is 19.4 Å². The molecule has 4 heteroatoms. The van der Waals surface area contributed by atoms with E-state index in [0.29, 0.717) is 13.0 Å². The number of carbonyl (C=O) groups is 1. The van der Waals surface area contributed by atoms with E-state index < -0.39 is 6.10 Å². The van der Waals surface area contributed by atoms with Gasteiger partial charge in [-0.25, -0.2) is 0 Å². The Hall–Kier alpha value is -2.43. The van der Waals surface area contributed by atoms with E-state index in [-0.39, 0.29) is 19.2 Å². The Morgan fingerprint density at radius 1 is 0.532 bits per heavy atom. The number of ether oxygens (including phenoxy) is 2. The van der Waals surface area contributed by atoms with Gasteiger partial charge in [0.2, 0.25) is 0 Å². The quantitative estimate of drug-likeness (QED) is 0.0427. The smallest absolute Gasteiger partial charge is 0.306 e. The van der Waals surface area contributed by atoms with Gasteiger partial charge in [-0.15, -0.1) is 0 Å². The molecular formula is C43H72O4. The zero-order chi connectivity index (χ0) is 34.1. The summed E-state index contributed by atoms with van der Waals surface area (Å²) < 4.78 is 11.1. The van der Waals surface area contributed by atoms with Gasteiger partial charge in [-0.3, -0.25) is 4.79 Å². The van der Waals surface area contributed by atoms with Crippen LogP contribution in [0.3, 0.4) is 0 Å². The van der Waals surface area contributed by atoms with Crippen molar-refractivity contribution >= 4 is 5.97 Å². The highest BCUT2D eigenvalue weighted by Crippen LogP contribution is 2.11. The van der Waals surface area contributed by atoms with E-state index in [9.17, 15) is 9.90 Å². The van der Waals surface area contributed by atoms with Gasteiger partial charge in [0.15, 0.2) is 0 Å². The van der Waals surface area contributed by atoms with Gasteiger partial charge in [-0.05, 0) is 83.5 Å². The van der Waals surface area contributed by atoms with Gasteiger partial charge in [0.25, 0.3) is 0 Å². The normalized spacial score (nSPS) is 13.3. The van der Waals surface area contributed by atoms with Crippen LogP contribution in [0, 0.1) is 0 Å². The molecule has 0 saturated carbocycles. The summed E-state index contributed by atoms with van der Waals surface area (Å²) >= 11 is 0. The number of esters is 1. The van der Waals surface area contributed by atoms with Crippen molar-refractivity contribution in [1.29, 1.82) is 0 Å². The number of aliphatic hydroxyl groups is 1. The molecule has 268 valence electrons. The number of allylic oxidation sites excluding steroid dienone is 14. The number of hydrogen-bond donors (Lipinski definition) is 1. The summed E-state index contributed by atoms with van der Waals surface area (Å²) in [6.45, 7) is 5.11. The highest BCUT2D eigenvalue weighted by molar-refractivity contribution is 5.69. The molecule has 0 aliphatic heterocycles. The van der Waals surface area contributed by atoms with Gasteiger partial charge in [0.05, 0.1) is 13.2 Å². The zero-order valence-electron chi connectivity index (χ0n) is 30.5. The number of unbranched alkanes of at least 4 members (excludes halogenated alkanes) is 12. The maximum absolute atomic E-state index is 12.2. The average Bonchev–Trinajstić information content (AvgIpc) is 3.08. The van der Waals surface area contributed by atoms with Crippen molar-refractivity contribution in [2.24, 2.45) is 0 Å². The van der Waals surface area contributed by atoms with Gasteiger partial charge < -0.3 is 14.6 Å². The predicted octanol–water partition coefficient (Wildman–Crippen LogP) is 12.4. The molecule has 0 aromatic carbocycles. The SMILES string of the molecule is CC/C=C\C/C=C\C/C=C\C/C=C\C/C=C\CCCCCCCC(=O)OC(CO)COCCCCCCCC/C=C\C/C=C\CCC. The summed E-state index contributed by atoms with van der Waals surface area (Å²) in [6, 6.07) is 0. The summed E-state index contributed by atoms with van der Waals surface area (Å²) in [4.78, 5) is 12.2. The lowest BCUT2D eigenvalue weighted by atomic mass is 10.1. The van der Waals surface area contributed by atoms with E-state index in [2.05, 4.69) is 98.9 Å². The molecule has 1 N–H and O–H groups in total. The molecule has 47 heavy (non-hydrogen) atoms. The predicted molar refractivity (Wildman–Crippen MR) is 205 cm³/mol. The first-order chi connectivity index (χ1) is 23.2. The average molecular weight is 653 g/mol. The van der Waals surface area contributed by atoms with E-state index >= 15 is 0 Å². The Kier molecular flexibility index (Phi) is 37.7. The molecular weight excluding hydrogens is 580 g/mol. The largest absolute Gasteiger partial charge is 0.457 e. The van der Waals surface area contributed by atoms with Crippen LogP contribution < -0.4 is 0 Å². The summed E-state index contributed by atoms with van der Waals surface area (Å²) in [5.41, 5.74) is 0. The van der Waals surface area contributed by atoms with Crippen LogP contribution in [0.25, 0.3) is 0 Å². The van der Waals surface area contributed by atoms with Crippen molar-refractivity contribution in [1.82, 2.24) is 0 Å². The first kappa shape index (κ1) is 44.6. The fraction of sp³-hybridized carbons (Fsp3) is 0.651. The van der Waals surface area contributed by atoms with Gasteiger partial charge in [0.1, 0.15) is 6.10 Å². The molecule has 0 amide bonds. The maximum atomic E-state index is 12.2. The van der Waals surface area contributed by atoms with Crippen LogP contribution >= 0.6 is 0 Å². The minimum Gasteiger partial charge on any atom is -0.457 e. The lowest BCUT2D eigenvalue weighted by molar-refractivity contribution is -0.154. The third-order valence-corrected chi connectivity index (χ3v) is 7.69. The van der Waals surface area contributed by atoms with Crippen LogP contribution in [0.15, 0.2) is 85.1 Å². The summed E-state index contributed by atoms with van der Waals surface area (Å²) in [5.74, 6) is -0.228. The standard InChI is InChI=1S/C43H72O4/c1-3-5-7-9-11-13-15-17-19-20-21-22-23-24-25-26-28-30-32-34-36-38-43(45)47-42(40-44)41-46-39-37-35-33-31-29-27-18-16-14-12-10-8-6-4-2/h5,7-8,10-11,13-14,16-17,19,21-22,24-25,42,44H,3-4,6,9,12,15,18,20,23,26-41H2,1-2H3/b7-5-,10-8-,13-11-,16-14-,19-17-,22-21-,25-24-. The third kappa shape index (κ3) is 37.9. The molecule has 0 aliphatic rings. The van der Waals surface area contributed by atoms with E-state index in [1.807, 2.05) is 0 Å². The monoisotopic (exact) mass is 653 g/mol. The molecule has 0 rings (SSSR count). The van der Waals surface area contributed by atoms with Crippen molar-refractivity contribution in [3.8, 4) is 0 Å². The van der Waals surface area contributed by atoms with Gasteiger partial charge in [-0.2, -0.15) is 0 Å². The highest BCUT2D eigenvalue weighted by atomic mass is 16.6. The first-order valence-electron chi connectivity index (χ1n) is 19.2. The zero-order valence-corrected chi connectivity index (χ0v) is 30.5. The maximum Gasteiger partial charge on any atom is 0.306 e. The molecule has 0 bridgehead atoms. The van der Waals surface area contributed by atoms with Crippen molar-refractivity contribution in [2.45, 2.75) is 161 Å². The topological polar surface area (TPSA) is 55.8 Å². The third-order valence-electron chi connectivity index (χ3n) is 7.69. The molecule has 1 atom stereocenters. The molecule has 0 aliphatic carbocycles. The Morgan fingerprint density at radius 3 is 1.45 bits per heavy atom. The van der Waals surface area contributed by atoms with Crippen LogP contribution in [0.1, 0.15) is 155 Å². The molecule has 1 unspecified atom stereocenters. The van der Waals surface area contributed by atoms with Crippen LogP contribution in [0.4, 0.5) is 0 Å². The van der Waals surface area contributed by atoms with Crippen molar-refractivity contribution in [3.05, 3.63) is 85.1 Å². The Labute approximate surface area is 290 Å². The number of rotatable bonds is 34. The van der Waals surface area contributed by atoms with E-state index in [1.54, 1.807) is 0 Å². The number of carbonyl (C=O) groups excluding carboxylic acids is 1. The number of hydrogen-bond acceptors (Lipinski definition) is 4. The minimum atomic E-state index is -0.554. The summed E-state index contributed by atoms with van der Waals surface area (Å²) in [5, 5.41) is 9.57. The Bertz CT molecular complexity index is 861. The second kappa shape index (κ2) is 39.7. The summed E-state index contributed by atoms with van der Waals surface area (Å²) in [6.07, 6.45) is 54.8. The Balaban J connectivity index is 3.56. The van der Waals surface area contributed by atoms with E-state index in [0.717, 1.165) is 77.0 Å². The van der Waals surface area contributed by atoms with Crippen molar-refractivity contribution in [3.63, 3.8) is 0 Å². The second-order valence-electron chi connectivity index (χ2n) is 12.3. The molecule has 0 heterocycles.